The zero-order chi connectivity index (χ0) is 18.4. The fourth-order valence-electron chi connectivity index (χ4n) is 2.87. The maximum Gasteiger partial charge on any atom is 0.337 e. The van der Waals surface area contributed by atoms with Crippen LogP contribution in [0.4, 0.5) is 11.4 Å². The quantitative estimate of drug-likeness (QED) is 0.618. The average Bonchev–Trinajstić information content (AvgIpc) is 3.23. The van der Waals surface area contributed by atoms with Crippen LogP contribution in [0, 0.1) is 11.3 Å². The van der Waals surface area contributed by atoms with Crippen molar-refractivity contribution in [3.63, 3.8) is 0 Å². The lowest BCUT2D eigenvalue weighted by molar-refractivity contribution is 0.0601. The number of nitrogens with one attached hydrogen (secondary N) is 2. The largest absolute Gasteiger partial charge is 0.465 e. The molecule has 0 atom stereocenters. The Morgan fingerprint density at radius 2 is 2.19 bits per heavy atom. The lowest BCUT2D eigenvalue weighted by Crippen LogP contribution is -2.30. The number of benzene rings is 1. The first-order valence-corrected chi connectivity index (χ1v) is 8.31. The maximum absolute atomic E-state index is 11.9. The van der Waals surface area contributed by atoms with E-state index in [1.807, 2.05) is 12.1 Å². The summed E-state index contributed by atoms with van der Waals surface area (Å²) >= 11 is 0. The summed E-state index contributed by atoms with van der Waals surface area (Å²) in [5.41, 5.74) is 2.42. The summed E-state index contributed by atoms with van der Waals surface area (Å²) in [7, 11) is 1.36. The number of carbonyl (C=O) groups excluding carboxylic acids is 1. The highest BCUT2D eigenvalue weighted by Gasteiger charge is 2.17. The molecular formula is C17H19N7O2. The second-order valence-corrected chi connectivity index (χ2v) is 5.82. The molecule has 0 radical (unpaired) electrons. The molecule has 26 heavy (non-hydrogen) atoms. The Balaban J connectivity index is 1.92. The number of nitrogens with zero attached hydrogens (tertiary/aromatic N) is 5. The molecule has 2 N–H and O–H groups in total. The number of anilines is 2. The summed E-state index contributed by atoms with van der Waals surface area (Å²) in [6, 6.07) is 7.35. The van der Waals surface area contributed by atoms with Crippen molar-refractivity contribution in [3.8, 4) is 6.07 Å². The Morgan fingerprint density at radius 1 is 1.38 bits per heavy atom. The van der Waals surface area contributed by atoms with Crippen LogP contribution in [0.25, 0.3) is 5.57 Å². The van der Waals surface area contributed by atoms with Gasteiger partial charge in [0.05, 0.1) is 24.0 Å². The third kappa shape index (κ3) is 3.80. The molecule has 0 unspecified atom stereocenters. The van der Waals surface area contributed by atoms with E-state index in [1.54, 1.807) is 12.1 Å². The number of carbonyl (C=O) groups is 1. The molecule has 134 valence electrons. The summed E-state index contributed by atoms with van der Waals surface area (Å²) in [5.74, 6) is -0.166. The van der Waals surface area contributed by atoms with E-state index in [2.05, 4.69) is 30.8 Å². The summed E-state index contributed by atoms with van der Waals surface area (Å²) < 4.78 is 4.82. The monoisotopic (exact) mass is 353 g/mol. The highest BCUT2D eigenvalue weighted by atomic mass is 16.5. The zero-order valence-electron chi connectivity index (χ0n) is 14.4. The van der Waals surface area contributed by atoms with Crippen LogP contribution in [-0.2, 0) is 4.74 Å². The number of nitriles is 1. The van der Waals surface area contributed by atoms with Gasteiger partial charge in [-0.05, 0) is 42.7 Å². The smallest absolute Gasteiger partial charge is 0.337 e. The molecule has 2 heterocycles. The second-order valence-electron chi connectivity index (χ2n) is 5.82. The molecular weight excluding hydrogens is 334 g/mol. The number of aromatic amines is 1. The van der Waals surface area contributed by atoms with Gasteiger partial charge in [0.15, 0.2) is 0 Å². The predicted octanol–water partition coefficient (Wildman–Crippen LogP) is 1.95. The summed E-state index contributed by atoms with van der Waals surface area (Å²) in [5, 5.41) is 25.8. The average molecular weight is 353 g/mol. The van der Waals surface area contributed by atoms with Crippen LogP contribution < -0.4 is 10.2 Å². The minimum absolute atomic E-state index is 0.214. The topological polar surface area (TPSA) is 120 Å². The second kappa shape index (κ2) is 8.11. The molecule has 0 amide bonds. The van der Waals surface area contributed by atoms with Crippen LogP contribution in [0.15, 0.2) is 24.4 Å². The third-order valence-electron chi connectivity index (χ3n) is 4.19. The number of hydrogen-bond donors (Lipinski definition) is 2. The van der Waals surface area contributed by atoms with Gasteiger partial charge in [0.25, 0.3) is 0 Å². The molecule has 9 heteroatoms. The van der Waals surface area contributed by atoms with Gasteiger partial charge in [-0.15, -0.1) is 10.2 Å². The lowest BCUT2D eigenvalue weighted by Gasteiger charge is -2.30. The van der Waals surface area contributed by atoms with Crippen molar-refractivity contribution in [3.05, 3.63) is 35.8 Å². The summed E-state index contributed by atoms with van der Waals surface area (Å²) in [4.78, 5) is 14.1. The molecule has 0 bridgehead atoms. The molecule has 1 aliphatic heterocycles. The van der Waals surface area contributed by atoms with E-state index in [1.165, 1.54) is 19.7 Å². The molecule has 0 spiro atoms. The van der Waals surface area contributed by atoms with Crippen molar-refractivity contribution < 1.29 is 9.53 Å². The molecule has 1 fully saturated rings. The maximum atomic E-state index is 11.9. The van der Waals surface area contributed by atoms with Crippen molar-refractivity contribution in [1.29, 1.82) is 5.26 Å². The van der Waals surface area contributed by atoms with E-state index in [4.69, 9.17) is 4.74 Å². The number of methoxy groups -OCH3 is 1. The number of esters is 1. The van der Waals surface area contributed by atoms with Gasteiger partial charge < -0.3 is 15.0 Å². The van der Waals surface area contributed by atoms with Crippen LogP contribution in [0.1, 0.15) is 35.4 Å². The summed E-state index contributed by atoms with van der Waals surface area (Å²) in [6.07, 6.45) is 4.94. The number of H-pyrrole nitrogens is 1. The van der Waals surface area contributed by atoms with Gasteiger partial charge >= 0.3 is 5.97 Å². The third-order valence-corrected chi connectivity index (χ3v) is 4.19. The van der Waals surface area contributed by atoms with Gasteiger partial charge in [-0.1, -0.05) is 0 Å². The molecule has 1 aromatic heterocycles. The minimum Gasteiger partial charge on any atom is -0.465 e. The van der Waals surface area contributed by atoms with Gasteiger partial charge in [-0.3, -0.25) is 0 Å². The first-order valence-electron chi connectivity index (χ1n) is 8.31. The van der Waals surface area contributed by atoms with Crippen molar-refractivity contribution in [2.45, 2.75) is 19.3 Å². The molecule has 1 saturated heterocycles. The van der Waals surface area contributed by atoms with E-state index in [0.29, 0.717) is 5.56 Å². The van der Waals surface area contributed by atoms with Crippen LogP contribution in [0.5, 0.6) is 0 Å². The Kier molecular flexibility index (Phi) is 5.43. The van der Waals surface area contributed by atoms with Gasteiger partial charge in [-0.25, -0.2) is 4.79 Å². The first-order chi connectivity index (χ1) is 12.7. The molecule has 0 aliphatic carbocycles. The van der Waals surface area contributed by atoms with Crippen LogP contribution >= 0.6 is 0 Å². The first kappa shape index (κ1) is 17.4. The van der Waals surface area contributed by atoms with E-state index in [-0.39, 0.29) is 17.4 Å². The number of hydrogen-bond acceptors (Lipinski definition) is 8. The Labute approximate surface area is 150 Å². The molecule has 1 aromatic carbocycles. The van der Waals surface area contributed by atoms with Crippen LogP contribution in [-0.4, -0.2) is 46.8 Å². The van der Waals surface area contributed by atoms with E-state index >= 15 is 0 Å². The Morgan fingerprint density at radius 3 is 2.85 bits per heavy atom. The van der Waals surface area contributed by atoms with Crippen LogP contribution in [0.2, 0.25) is 0 Å². The normalized spacial score (nSPS) is 14.6. The Bertz CT molecular complexity index is 833. The molecule has 9 nitrogen and oxygen atoms in total. The highest BCUT2D eigenvalue weighted by molar-refractivity contribution is 5.92. The summed E-state index contributed by atoms with van der Waals surface area (Å²) in [6.45, 7) is 1.83. The fraction of sp³-hybridized carbons (Fsp3) is 0.353. The number of aromatic nitrogens is 4. The number of allylic oxidation sites excluding steroid dienone is 1. The number of ether oxygens (including phenoxy) is 1. The molecule has 2 aromatic rings. The number of piperidine rings is 1. The van der Waals surface area contributed by atoms with Gasteiger partial charge in [0.1, 0.15) is 11.6 Å². The van der Waals surface area contributed by atoms with Gasteiger partial charge in [0.2, 0.25) is 5.82 Å². The lowest BCUT2D eigenvalue weighted by atomic mass is 10.1. The van der Waals surface area contributed by atoms with Crippen LogP contribution in [0.3, 0.4) is 0 Å². The van der Waals surface area contributed by atoms with Gasteiger partial charge in [0, 0.05) is 19.3 Å². The van der Waals surface area contributed by atoms with Gasteiger partial charge in [-0.2, -0.15) is 10.5 Å². The zero-order valence-corrected chi connectivity index (χ0v) is 14.4. The van der Waals surface area contributed by atoms with Crippen molar-refractivity contribution in [2.75, 3.05) is 30.4 Å². The van der Waals surface area contributed by atoms with E-state index in [0.717, 1.165) is 37.3 Å². The predicted molar refractivity (Wildman–Crippen MR) is 95.2 cm³/mol. The van der Waals surface area contributed by atoms with Crippen molar-refractivity contribution in [1.82, 2.24) is 20.6 Å². The van der Waals surface area contributed by atoms with Crippen molar-refractivity contribution in [2.24, 2.45) is 0 Å². The SMILES string of the molecule is COC(=O)c1ccc(NC=C(C#N)c2nn[nH]n2)c(N2CCCCC2)c1. The molecule has 3 rings (SSSR count). The highest BCUT2D eigenvalue weighted by Crippen LogP contribution is 2.30. The molecule has 0 saturated carbocycles. The molecule has 1 aliphatic rings. The number of tetrazole rings is 1. The fourth-order valence-corrected chi connectivity index (χ4v) is 2.87. The van der Waals surface area contributed by atoms with E-state index < -0.39 is 0 Å². The number of rotatable bonds is 5. The van der Waals surface area contributed by atoms with Crippen molar-refractivity contribution >= 4 is 22.9 Å². The minimum atomic E-state index is -0.380. The standard InChI is InChI=1S/C17H19N7O2/c1-26-17(25)12-5-6-14(15(9-12)24-7-3-2-4-8-24)19-11-13(10-18)16-20-22-23-21-16/h5-6,9,11,19H,2-4,7-8H2,1H3,(H,20,21,22,23). The Hall–Kier alpha value is -3.41. The van der Waals surface area contributed by atoms with E-state index in [9.17, 15) is 10.1 Å².